The summed E-state index contributed by atoms with van der Waals surface area (Å²) in [4.78, 5) is 6.91. The topological polar surface area (TPSA) is 51.6 Å². The number of benzene rings is 2. The fraction of sp³-hybridized carbons (Fsp3) is 0.267. The number of aromatic nitrogens is 2. The molecule has 2 aromatic carbocycles. The Labute approximate surface area is 222 Å². The summed E-state index contributed by atoms with van der Waals surface area (Å²) in [6.07, 6.45) is 2.81. The number of nitrogens with one attached hydrogen (secondary N) is 1. The maximum atomic E-state index is 5.95. The second kappa shape index (κ2) is 9.23. The highest BCUT2D eigenvalue weighted by atomic mass is 32.1. The van der Waals surface area contributed by atoms with Crippen LogP contribution in [-0.4, -0.2) is 21.5 Å². The molecule has 6 nitrogen and oxygen atoms in total. The molecule has 0 spiro atoms. The Kier molecular flexibility index (Phi) is 5.88. The molecule has 2 unspecified atom stereocenters. The first-order valence-electron chi connectivity index (χ1n) is 12.7. The Morgan fingerprint density at radius 1 is 1.00 bits per heavy atom. The SMILES string of the molecule is CCc1cccc(C)c1-n1c(C)cc(C2C(c3ccccn3)NC(=S)N2c2ccc3c(c2)OCO3)c1C. The number of hydrogen-bond acceptors (Lipinski definition) is 4. The molecule has 4 aromatic rings. The minimum Gasteiger partial charge on any atom is -0.454 e. The van der Waals surface area contributed by atoms with E-state index in [1.54, 1.807) is 0 Å². The van der Waals surface area contributed by atoms with Gasteiger partial charge in [0.2, 0.25) is 6.79 Å². The third-order valence-electron chi connectivity index (χ3n) is 7.45. The van der Waals surface area contributed by atoms with Gasteiger partial charge in [-0.05, 0) is 86.4 Å². The number of pyridine rings is 1. The fourth-order valence-electron chi connectivity index (χ4n) is 5.74. The minimum atomic E-state index is -0.115. The number of thiocarbonyl (C=S) groups is 1. The molecule has 6 rings (SSSR count). The Morgan fingerprint density at radius 3 is 2.62 bits per heavy atom. The van der Waals surface area contributed by atoms with Crippen LogP contribution in [-0.2, 0) is 6.42 Å². The van der Waals surface area contributed by atoms with Crippen LogP contribution in [0.5, 0.6) is 11.5 Å². The highest BCUT2D eigenvalue weighted by Gasteiger charge is 2.42. The van der Waals surface area contributed by atoms with Crippen LogP contribution < -0.4 is 19.7 Å². The summed E-state index contributed by atoms with van der Waals surface area (Å²) in [5.41, 5.74) is 9.38. The van der Waals surface area contributed by atoms with Crippen molar-refractivity contribution in [1.82, 2.24) is 14.9 Å². The molecule has 37 heavy (non-hydrogen) atoms. The van der Waals surface area contributed by atoms with Gasteiger partial charge in [-0.1, -0.05) is 31.2 Å². The number of fused-ring (bicyclic) bond motifs is 1. The highest BCUT2D eigenvalue weighted by Crippen LogP contribution is 2.46. The summed E-state index contributed by atoms with van der Waals surface area (Å²) in [7, 11) is 0. The van der Waals surface area contributed by atoms with Crippen LogP contribution in [0.2, 0.25) is 0 Å². The van der Waals surface area contributed by atoms with Gasteiger partial charge in [-0.2, -0.15) is 0 Å². The van der Waals surface area contributed by atoms with E-state index in [0.29, 0.717) is 5.11 Å². The molecule has 0 bridgehead atoms. The van der Waals surface area contributed by atoms with Crippen LogP contribution >= 0.6 is 12.2 Å². The van der Waals surface area contributed by atoms with E-state index < -0.39 is 0 Å². The molecule has 0 amide bonds. The van der Waals surface area contributed by atoms with E-state index in [9.17, 15) is 0 Å². The van der Waals surface area contributed by atoms with Gasteiger partial charge in [0.05, 0.1) is 23.5 Å². The van der Waals surface area contributed by atoms with Crippen LogP contribution in [0.25, 0.3) is 5.69 Å². The van der Waals surface area contributed by atoms with Crippen molar-refractivity contribution in [2.45, 2.75) is 46.2 Å². The number of anilines is 1. The minimum absolute atomic E-state index is 0.100. The van der Waals surface area contributed by atoms with Gasteiger partial charge in [-0.25, -0.2) is 0 Å². The highest BCUT2D eigenvalue weighted by molar-refractivity contribution is 7.80. The molecule has 1 fully saturated rings. The monoisotopic (exact) mass is 510 g/mol. The summed E-state index contributed by atoms with van der Waals surface area (Å²) in [6, 6.07) is 20.7. The van der Waals surface area contributed by atoms with Crippen molar-refractivity contribution in [2.75, 3.05) is 11.7 Å². The molecule has 0 radical (unpaired) electrons. The smallest absolute Gasteiger partial charge is 0.231 e. The number of nitrogens with zero attached hydrogens (tertiary/aromatic N) is 3. The molecule has 4 heterocycles. The molecule has 0 aliphatic carbocycles. The first-order chi connectivity index (χ1) is 18.0. The van der Waals surface area contributed by atoms with Gasteiger partial charge < -0.3 is 24.3 Å². The maximum Gasteiger partial charge on any atom is 0.231 e. The lowest BCUT2D eigenvalue weighted by molar-refractivity contribution is 0.174. The molecule has 2 aliphatic heterocycles. The second-order valence-electron chi connectivity index (χ2n) is 9.63. The lowest BCUT2D eigenvalue weighted by Crippen LogP contribution is -2.29. The molecule has 0 saturated carbocycles. The van der Waals surface area contributed by atoms with Gasteiger partial charge in [0.1, 0.15) is 0 Å². The van der Waals surface area contributed by atoms with E-state index in [2.05, 4.69) is 72.8 Å². The van der Waals surface area contributed by atoms with Crippen LogP contribution in [0.1, 0.15) is 52.8 Å². The predicted octanol–water partition coefficient (Wildman–Crippen LogP) is 6.27. The number of aryl methyl sites for hydroxylation is 3. The third-order valence-corrected chi connectivity index (χ3v) is 7.76. The normalized spacial score (nSPS) is 18.4. The Balaban J connectivity index is 1.54. The molecule has 1 N–H and O–H groups in total. The van der Waals surface area contributed by atoms with E-state index in [1.165, 1.54) is 33.8 Å². The average Bonchev–Trinajstić information content (AvgIpc) is 3.59. The molecular weight excluding hydrogens is 480 g/mol. The van der Waals surface area contributed by atoms with Gasteiger partial charge in [-0.3, -0.25) is 4.98 Å². The predicted molar refractivity (Wildman–Crippen MR) is 150 cm³/mol. The van der Waals surface area contributed by atoms with E-state index in [4.69, 9.17) is 26.7 Å². The van der Waals surface area contributed by atoms with Gasteiger partial charge in [0.25, 0.3) is 0 Å². The first kappa shape index (κ1) is 23.6. The van der Waals surface area contributed by atoms with Gasteiger partial charge in [-0.15, -0.1) is 0 Å². The molecule has 2 aliphatic rings. The quantitative estimate of drug-likeness (QED) is 0.320. The van der Waals surface area contributed by atoms with Crippen LogP contribution in [0.15, 0.2) is 66.9 Å². The zero-order valence-corrected chi connectivity index (χ0v) is 22.3. The molecule has 2 atom stereocenters. The van der Waals surface area contributed by atoms with E-state index in [-0.39, 0.29) is 18.9 Å². The zero-order chi connectivity index (χ0) is 25.7. The summed E-state index contributed by atoms with van der Waals surface area (Å²) in [5.74, 6) is 1.49. The van der Waals surface area contributed by atoms with Crippen LogP contribution in [0.3, 0.4) is 0 Å². The fourth-order valence-corrected chi connectivity index (χ4v) is 6.09. The van der Waals surface area contributed by atoms with Crippen LogP contribution in [0, 0.1) is 20.8 Å². The number of rotatable bonds is 5. The summed E-state index contributed by atoms with van der Waals surface area (Å²) in [6.45, 7) is 9.03. The summed E-state index contributed by atoms with van der Waals surface area (Å²) >= 11 is 5.95. The Hall–Kier alpha value is -3.84. The van der Waals surface area contributed by atoms with Crippen molar-refractivity contribution >= 4 is 23.0 Å². The number of para-hydroxylation sites is 1. The molecule has 188 valence electrons. The Bertz CT molecular complexity index is 1500. The van der Waals surface area contributed by atoms with Crippen molar-refractivity contribution in [3.8, 4) is 17.2 Å². The first-order valence-corrected chi connectivity index (χ1v) is 13.1. The van der Waals surface area contributed by atoms with Crippen molar-refractivity contribution in [1.29, 1.82) is 0 Å². The number of ether oxygens (including phenoxy) is 2. The van der Waals surface area contributed by atoms with Crippen molar-refractivity contribution in [2.24, 2.45) is 0 Å². The van der Waals surface area contributed by atoms with Gasteiger partial charge >= 0.3 is 0 Å². The van der Waals surface area contributed by atoms with Crippen molar-refractivity contribution in [3.63, 3.8) is 0 Å². The van der Waals surface area contributed by atoms with E-state index in [0.717, 1.165) is 29.3 Å². The summed E-state index contributed by atoms with van der Waals surface area (Å²) in [5, 5.41) is 4.24. The Morgan fingerprint density at radius 2 is 1.84 bits per heavy atom. The van der Waals surface area contributed by atoms with Crippen molar-refractivity contribution in [3.05, 3.63) is 101 Å². The molecule has 7 heteroatoms. The zero-order valence-electron chi connectivity index (χ0n) is 21.5. The molecule has 2 aromatic heterocycles. The second-order valence-corrected chi connectivity index (χ2v) is 10.0. The molecule has 1 saturated heterocycles. The van der Waals surface area contributed by atoms with Crippen LogP contribution in [0.4, 0.5) is 5.69 Å². The largest absolute Gasteiger partial charge is 0.454 e. The molecular formula is C30H30N4O2S. The lowest BCUT2D eigenvalue weighted by atomic mass is 9.96. The lowest BCUT2D eigenvalue weighted by Gasteiger charge is -2.28. The average molecular weight is 511 g/mol. The van der Waals surface area contributed by atoms with Crippen molar-refractivity contribution < 1.29 is 9.47 Å². The third kappa shape index (κ3) is 3.85. The van der Waals surface area contributed by atoms with E-state index in [1.807, 2.05) is 36.5 Å². The van der Waals surface area contributed by atoms with Gasteiger partial charge in [0.15, 0.2) is 16.6 Å². The summed E-state index contributed by atoms with van der Waals surface area (Å²) < 4.78 is 13.7. The van der Waals surface area contributed by atoms with Gasteiger partial charge in [0, 0.05) is 29.3 Å². The number of hydrogen-bond donors (Lipinski definition) is 1. The standard InChI is InChI=1S/C30H30N4O2S/c1-5-21-10-8-9-18(2)28(21)33-19(3)15-23(20(33)4)29-27(24-11-6-7-14-31-24)32-30(37)34(29)22-12-13-25-26(16-22)36-17-35-25/h6-16,27,29H,5,17H2,1-4H3,(H,32,37). The van der Waals surface area contributed by atoms with E-state index >= 15 is 0 Å². The maximum absolute atomic E-state index is 5.95.